The van der Waals surface area contributed by atoms with E-state index in [1.807, 2.05) is 31.2 Å². The van der Waals surface area contributed by atoms with E-state index in [0.717, 1.165) is 29.3 Å². The Kier molecular flexibility index (Phi) is 4.99. The molecule has 2 aromatic carbocycles. The molecule has 1 atom stereocenters. The fourth-order valence-corrected chi connectivity index (χ4v) is 3.96. The minimum absolute atomic E-state index is 0.440. The van der Waals surface area contributed by atoms with Crippen molar-refractivity contribution in [2.75, 3.05) is 14.2 Å². The number of hydrogen-bond donors (Lipinski definition) is 0. The maximum Gasteiger partial charge on any atom is 0.226 e. The number of oxazole rings is 1. The second kappa shape index (κ2) is 7.57. The summed E-state index contributed by atoms with van der Waals surface area (Å²) in [7, 11) is 3.86. The highest BCUT2D eigenvalue weighted by atomic mass is 16.5. The zero-order chi connectivity index (χ0) is 18.8. The van der Waals surface area contributed by atoms with E-state index in [-0.39, 0.29) is 0 Å². The third-order valence-electron chi connectivity index (χ3n) is 5.50. The molecule has 140 valence electrons. The molecule has 0 aliphatic heterocycles. The highest BCUT2D eigenvalue weighted by Crippen LogP contribution is 2.34. The van der Waals surface area contributed by atoms with E-state index in [4.69, 9.17) is 14.1 Å². The van der Waals surface area contributed by atoms with Gasteiger partial charge in [-0.05, 0) is 68.6 Å². The molecule has 3 aromatic rings. The van der Waals surface area contributed by atoms with E-state index in [2.05, 4.69) is 36.2 Å². The lowest BCUT2D eigenvalue weighted by molar-refractivity contribution is 0.210. The molecule has 1 aliphatic rings. The number of ether oxygens (including phenoxy) is 1. The number of aryl methyl sites for hydroxylation is 2. The van der Waals surface area contributed by atoms with E-state index in [0.29, 0.717) is 11.9 Å². The quantitative estimate of drug-likeness (QED) is 0.628. The average Bonchev–Trinajstić information content (AvgIpc) is 3.08. The Labute approximate surface area is 160 Å². The topological polar surface area (TPSA) is 38.5 Å². The van der Waals surface area contributed by atoms with Crippen molar-refractivity contribution in [2.45, 2.75) is 38.8 Å². The SMILES string of the molecule is COc1ccc(-c2nc(CN(C)C3CCCc4ccccc43)c(C)o2)cc1. The molecule has 27 heavy (non-hydrogen) atoms. The van der Waals surface area contributed by atoms with Gasteiger partial charge in [0, 0.05) is 18.2 Å². The summed E-state index contributed by atoms with van der Waals surface area (Å²) in [6.45, 7) is 2.78. The molecule has 0 N–H and O–H groups in total. The maximum atomic E-state index is 5.95. The molecule has 1 heterocycles. The first-order valence-corrected chi connectivity index (χ1v) is 9.54. The Balaban J connectivity index is 1.54. The number of methoxy groups -OCH3 is 1. The first-order valence-electron chi connectivity index (χ1n) is 9.54. The Morgan fingerprint density at radius 2 is 1.93 bits per heavy atom. The molecule has 4 heteroatoms. The molecule has 0 radical (unpaired) electrons. The van der Waals surface area contributed by atoms with Crippen molar-refractivity contribution in [2.24, 2.45) is 0 Å². The van der Waals surface area contributed by atoms with Gasteiger partial charge in [0.15, 0.2) is 0 Å². The van der Waals surface area contributed by atoms with Gasteiger partial charge in [-0.2, -0.15) is 0 Å². The van der Waals surface area contributed by atoms with Crippen LogP contribution >= 0.6 is 0 Å². The zero-order valence-electron chi connectivity index (χ0n) is 16.2. The number of benzene rings is 2. The molecule has 1 aliphatic carbocycles. The summed E-state index contributed by atoms with van der Waals surface area (Å²) in [4.78, 5) is 7.18. The highest BCUT2D eigenvalue weighted by Gasteiger charge is 2.25. The van der Waals surface area contributed by atoms with Crippen molar-refractivity contribution < 1.29 is 9.15 Å². The monoisotopic (exact) mass is 362 g/mol. The van der Waals surface area contributed by atoms with Crippen molar-refractivity contribution in [1.29, 1.82) is 0 Å². The molecule has 0 bridgehead atoms. The molecule has 4 nitrogen and oxygen atoms in total. The number of hydrogen-bond acceptors (Lipinski definition) is 4. The van der Waals surface area contributed by atoms with Crippen LogP contribution in [0.1, 0.15) is 41.5 Å². The summed E-state index contributed by atoms with van der Waals surface area (Å²) in [6, 6.07) is 17.1. The fourth-order valence-electron chi connectivity index (χ4n) is 3.96. The van der Waals surface area contributed by atoms with E-state index in [1.54, 1.807) is 7.11 Å². The summed E-state index contributed by atoms with van der Waals surface area (Å²) in [6.07, 6.45) is 3.61. The Morgan fingerprint density at radius 1 is 1.15 bits per heavy atom. The van der Waals surface area contributed by atoms with Crippen molar-refractivity contribution >= 4 is 0 Å². The molecule has 1 unspecified atom stereocenters. The predicted molar refractivity (Wildman–Crippen MR) is 107 cm³/mol. The third kappa shape index (κ3) is 3.62. The first-order chi connectivity index (χ1) is 13.2. The minimum Gasteiger partial charge on any atom is -0.497 e. The highest BCUT2D eigenvalue weighted by molar-refractivity contribution is 5.55. The van der Waals surface area contributed by atoms with Crippen LogP contribution < -0.4 is 4.74 Å². The molecule has 0 amide bonds. The van der Waals surface area contributed by atoms with Crippen LogP contribution in [0.2, 0.25) is 0 Å². The fraction of sp³-hybridized carbons (Fsp3) is 0.348. The van der Waals surface area contributed by atoms with E-state index < -0.39 is 0 Å². The van der Waals surface area contributed by atoms with Gasteiger partial charge in [-0.3, -0.25) is 4.90 Å². The van der Waals surface area contributed by atoms with Crippen molar-refractivity contribution in [3.63, 3.8) is 0 Å². The first kappa shape index (κ1) is 17.8. The standard InChI is InChI=1S/C23H26N2O2/c1-16-21(24-23(27-16)18-11-13-19(26-3)14-12-18)15-25(2)22-10-6-8-17-7-4-5-9-20(17)22/h4-5,7,9,11-14,22H,6,8,10,15H2,1-3H3. The zero-order valence-corrected chi connectivity index (χ0v) is 16.2. The Hall–Kier alpha value is -2.59. The molecule has 0 fully saturated rings. The summed E-state index contributed by atoms with van der Waals surface area (Å²) in [5.74, 6) is 2.39. The molecule has 0 spiro atoms. The van der Waals surface area contributed by atoms with Crippen LogP contribution in [0.25, 0.3) is 11.5 Å². The second-order valence-corrected chi connectivity index (χ2v) is 7.27. The van der Waals surface area contributed by atoms with Gasteiger partial charge in [-0.15, -0.1) is 0 Å². The number of rotatable bonds is 5. The van der Waals surface area contributed by atoms with Crippen molar-refractivity contribution in [3.05, 3.63) is 71.1 Å². The van der Waals surface area contributed by atoms with Crippen LogP contribution in [-0.4, -0.2) is 24.0 Å². The van der Waals surface area contributed by atoms with Crippen LogP contribution in [0, 0.1) is 6.92 Å². The average molecular weight is 362 g/mol. The van der Waals surface area contributed by atoms with E-state index >= 15 is 0 Å². The minimum atomic E-state index is 0.440. The van der Waals surface area contributed by atoms with Gasteiger partial charge in [0.25, 0.3) is 0 Å². The lowest BCUT2D eigenvalue weighted by Crippen LogP contribution is -2.27. The van der Waals surface area contributed by atoms with Gasteiger partial charge in [0.2, 0.25) is 5.89 Å². The van der Waals surface area contributed by atoms with Gasteiger partial charge in [-0.25, -0.2) is 4.98 Å². The van der Waals surface area contributed by atoms with Crippen molar-refractivity contribution in [3.8, 4) is 17.2 Å². The van der Waals surface area contributed by atoms with Crippen LogP contribution in [0.3, 0.4) is 0 Å². The summed E-state index contributed by atoms with van der Waals surface area (Å²) in [5, 5.41) is 0. The second-order valence-electron chi connectivity index (χ2n) is 7.27. The molecule has 0 saturated heterocycles. The lowest BCUT2D eigenvalue weighted by Gasteiger charge is -2.33. The number of aromatic nitrogens is 1. The largest absolute Gasteiger partial charge is 0.497 e. The van der Waals surface area contributed by atoms with Crippen LogP contribution in [-0.2, 0) is 13.0 Å². The lowest BCUT2D eigenvalue weighted by atomic mass is 9.87. The van der Waals surface area contributed by atoms with Gasteiger partial charge in [-0.1, -0.05) is 24.3 Å². The number of nitrogens with zero attached hydrogens (tertiary/aromatic N) is 2. The maximum absolute atomic E-state index is 5.95. The van der Waals surface area contributed by atoms with Gasteiger partial charge < -0.3 is 9.15 Å². The Bertz CT molecular complexity index is 914. The van der Waals surface area contributed by atoms with Gasteiger partial charge in [0.1, 0.15) is 11.5 Å². The molecular formula is C23H26N2O2. The van der Waals surface area contributed by atoms with E-state index in [1.165, 1.54) is 30.4 Å². The molecular weight excluding hydrogens is 336 g/mol. The van der Waals surface area contributed by atoms with Crippen LogP contribution in [0.5, 0.6) is 5.75 Å². The molecule has 0 saturated carbocycles. The molecule has 1 aromatic heterocycles. The predicted octanol–water partition coefficient (Wildman–Crippen LogP) is 5.17. The third-order valence-corrected chi connectivity index (χ3v) is 5.50. The number of fused-ring (bicyclic) bond motifs is 1. The molecule has 4 rings (SSSR count). The normalized spacial score (nSPS) is 16.4. The Morgan fingerprint density at radius 3 is 2.70 bits per heavy atom. The van der Waals surface area contributed by atoms with Crippen molar-refractivity contribution in [1.82, 2.24) is 9.88 Å². The van der Waals surface area contributed by atoms with Gasteiger partial charge >= 0.3 is 0 Å². The van der Waals surface area contributed by atoms with Crippen LogP contribution in [0.4, 0.5) is 0 Å². The van der Waals surface area contributed by atoms with Gasteiger partial charge in [0.05, 0.1) is 12.8 Å². The summed E-state index contributed by atoms with van der Waals surface area (Å²) >= 11 is 0. The van der Waals surface area contributed by atoms with Crippen LogP contribution in [0.15, 0.2) is 52.9 Å². The summed E-state index contributed by atoms with van der Waals surface area (Å²) in [5.41, 5.74) is 4.92. The summed E-state index contributed by atoms with van der Waals surface area (Å²) < 4.78 is 11.2. The smallest absolute Gasteiger partial charge is 0.226 e. The van der Waals surface area contributed by atoms with E-state index in [9.17, 15) is 0 Å².